The van der Waals surface area contributed by atoms with Gasteiger partial charge in [-0.2, -0.15) is 26.3 Å². The lowest BCUT2D eigenvalue weighted by atomic mass is 9.88. The van der Waals surface area contributed by atoms with Crippen molar-refractivity contribution in [2.75, 3.05) is 0 Å². The van der Waals surface area contributed by atoms with Gasteiger partial charge < -0.3 is 9.47 Å². The SMILES string of the molecule is C=C(C)C(=O)Oc1ccc(-c2ccc(-c3ccc(OC(=O)C(=C)C)cc3)c(C(F)(F)F)c2C(F)(F)F)cc1. The highest BCUT2D eigenvalue weighted by atomic mass is 19.4. The van der Waals surface area contributed by atoms with Gasteiger partial charge in [0.05, 0.1) is 11.1 Å². The first-order valence-electron chi connectivity index (χ1n) is 10.9. The summed E-state index contributed by atoms with van der Waals surface area (Å²) < 4.78 is 95.2. The zero-order valence-corrected chi connectivity index (χ0v) is 20.1. The first kappa shape index (κ1) is 28.2. The third-order valence-electron chi connectivity index (χ3n) is 5.22. The molecule has 198 valence electrons. The van der Waals surface area contributed by atoms with Gasteiger partial charge in [0.15, 0.2) is 0 Å². The Bertz CT molecular complexity index is 1290. The van der Waals surface area contributed by atoms with Crippen LogP contribution in [-0.4, -0.2) is 11.9 Å². The second-order valence-corrected chi connectivity index (χ2v) is 8.29. The molecule has 0 heterocycles. The van der Waals surface area contributed by atoms with Crippen LogP contribution in [-0.2, 0) is 21.9 Å². The summed E-state index contributed by atoms with van der Waals surface area (Å²) in [5.41, 5.74) is -5.34. The van der Waals surface area contributed by atoms with E-state index in [0.29, 0.717) is 0 Å². The Morgan fingerprint density at radius 2 is 0.868 bits per heavy atom. The Morgan fingerprint density at radius 1 is 0.579 bits per heavy atom. The van der Waals surface area contributed by atoms with Crippen molar-refractivity contribution in [1.82, 2.24) is 0 Å². The van der Waals surface area contributed by atoms with Gasteiger partial charge in [0.2, 0.25) is 0 Å². The number of alkyl halides is 6. The van der Waals surface area contributed by atoms with E-state index in [1.54, 1.807) is 0 Å². The Labute approximate surface area is 213 Å². The maximum atomic E-state index is 14.2. The van der Waals surface area contributed by atoms with Gasteiger partial charge in [-0.1, -0.05) is 49.6 Å². The number of carbonyl (C=O) groups is 2. The topological polar surface area (TPSA) is 52.6 Å². The Hall–Kier alpha value is -4.34. The van der Waals surface area contributed by atoms with Gasteiger partial charge in [-0.15, -0.1) is 0 Å². The van der Waals surface area contributed by atoms with Gasteiger partial charge in [-0.25, -0.2) is 9.59 Å². The number of rotatable bonds is 6. The summed E-state index contributed by atoms with van der Waals surface area (Å²) in [6.07, 6.45) is -10.8. The molecule has 3 rings (SSSR count). The maximum Gasteiger partial charge on any atom is 0.417 e. The fourth-order valence-electron chi connectivity index (χ4n) is 3.47. The van der Waals surface area contributed by atoms with E-state index in [9.17, 15) is 35.9 Å². The van der Waals surface area contributed by atoms with E-state index in [1.807, 2.05) is 0 Å². The lowest BCUT2D eigenvalue weighted by Gasteiger charge is -2.23. The molecule has 0 fully saturated rings. The molecule has 0 unspecified atom stereocenters. The van der Waals surface area contributed by atoms with E-state index < -0.39 is 46.5 Å². The number of benzene rings is 3. The monoisotopic (exact) mass is 534 g/mol. The van der Waals surface area contributed by atoms with Crippen LogP contribution in [0.15, 0.2) is 85.0 Å². The minimum absolute atomic E-state index is 0.0181. The standard InChI is InChI=1S/C28H20F6O4/c1-15(2)25(35)37-19-9-5-17(6-10-19)21-13-14-22(24(28(32,33)34)23(21)27(29,30)31)18-7-11-20(12-8-18)38-26(36)16(3)4/h5-14H,1,3H2,2,4H3. The molecule has 0 amide bonds. The average molecular weight is 534 g/mol. The molecule has 0 atom stereocenters. The van der Waals surface area contributed by atoms with Crippen LogP contribution in [0, 0.1) is 0 Å². The quantitative estimate of drug-likeness (QED) is 0.139. The van der Waals surface area contributed by atoms with Crippen molar-refractivity contribution in [1.29, 1.82) is 0 Å². The number of hydrogen-bond donors (Lipinski definition) is 0. The third kappa shape index (κ3) is 6.31. The van der Waals surface area contributed by atoms with Gasteiger partial charge in [0.25, 0.3) is 0 Å². The summed E-state index contributed by atoms with van der Waals surface area (Å²) in [5.74, 6) is -1.57. The fourth-order valence-corrected chi connectivity index (χ4v) is 3.47. The number of carbonyl (C=O) groups excluding carboxylic acids is 2. The second-order valence-electron chi connectivity index (χ2n) is 8.29. The number of hydrogen-bond acceptors (Lipinski definition) is 4. The van der Waals surface area contributed by atoms with Gasteiger partial charge in [0.1, 0.15) is 11.5 Å². The smallest absolute Gasteiger partial charge is 0.417 e. The van der Waals surface area contributed by atoms with E-state index in [0.717, 1.165) is 36.4 Å². The zero-order valence-electron chi connectivity index (χ0n) is 20.1. The van der Waals surface area contributed by atoms with Crippen LogP contribution in [0.3, 0.4) is 0 Å². The van der Waals surface area contributed by atoms with Crippen molar-refractivity contribution in [2.24, 2.45) is 0 Å². The van der Waals surface area contributed by atoms with E-state index in [4.69, 9.17) is 9.47 Å². The van der Waals surface area contributed by atoms with Crippen molar-refractivity contribution in [3.05, 3.63) is 96.1 Å². The molecule has 0 aliphatic heterocycles. The van der Waals surface area contributed by atoms with Gasteiger partial charge in [0, 0.05) is 11.1 Å². The predicted molar refractivity (Wildman–Crippen MR) is 128 cm³/mol. The summed E-state index contributed by atoms with van der Waals surface area (Å²) in [6.45, 7) is 9.62. The van der Waals surface area contributed by atoms with Crippen LogP contribution in [0.1, 0.15) is 25.0 Å². The predicted octanol–water partition coefficient (Wildman–Crippen LogP) is 8.02. The normalized spacial score (nSPS) is 11.6. The molecular formula is C28H20F6O4. The summed E-state index contributed by atoms with van der Waals surface area (Å²) in [4.78, 5) is 23.3. The van der Waals surface area contributed by atoms with Crippen LogP contribution in [0.4, 0.5) is 26.3 Å². The summed E-state index contributed by atoms with van der Waals surface area (Å²) in [7, 11) is 0. The molecule has 0 saturated carbocycles. The van der Waals surface area contributed by atoms with E-state index in [1.165, 1.54) is 38.1 Å². The first-order chi connectivity index (χ1) is 17.6. The fraction of sp³-hybridized carbons (Fsp3) is 0.143. The van der Waals surface area contributed by atoms with Crippen molar-refractivity contribution in [3.63, 3.8) is 0 Å². The zero-order chi connectivity index (χ0) is 28.4. The summed E-state index contributed by atoms with van der Waals surface area (Å²) in [6, 6.07) is 11.0. The molecule has 38 heavy (non-hydrogen) atoms. The molecular weight excluding hydrogens is 514 g/mol. The van der Waals surface area contributed by atoms with Crippen LogP contribution in [0.25, 0.3) is 22.3 Å². The van der Waals surface area contributed by atoms with Crippen LogP contribution < -0.4 is 9.47 Å². The highest BCUT2D eigenvalue weighted by molar-refractivity contribution is 5.89. The number of ether oxygens (including phenoxy) is 2. The summed E-state index contributed by atoms with van der Waals surface area (Å²) >= 11 is 0. The maximum absolute atomic E-state index is 14.2. The molecule has 0 spiro atoms. The highest BCUT2D eigenvalue weighted by Gasteiger charge is 2.47. The molecule has 3 aromatic carbocycles. The molecule has 10 heteroatoms. The van der Waals surface area contributed by atoms with Crippen molar-refractivity contribution >= 4 is 11.9 Å². The highest BCUT2D eigenvalue weighted by Crippen LogP contribution is 2.49. The molecule has 0 aromatic heterocycles. The third-order valence-corrected chi connectivity index (χ3v) is 5.22. The largest absolute Gasteiger partial charge is 0.423 e. The molecule has 4 nitrogen and oxygen atoms in total. The lowest BCUT2D eigenvalue weighted by molar-refractivity contribution is -0.161. The molecule has 0 saturated heterocycles. The Kier molecular flexibility index (Phi) is 7.85. The second kappa shape index (κ2) is 10.6. The van der Waals surface area contributed by atoms with Crippen molar-refractivity contribution in [2.45, 2.75) is 26.2 Å². The first-order valence-corrected chi connectivity index (χ1v) is 10.9. The Balaban J connectivity index is 2.15. The molecule has 0 N–H and O–H groups in total. The van der Waals surface area contributed by atoms with Gasteiger partial charge >= 0.3 is 24.3 Å². The van der Waals surface area contributed by atoms with E-state index in [-0.39, 0.29) is 33.8 Å². The Morgan fingerprint density at radius 3 is 1.11 bits per heavy atom. The van der Waals surface area contributed by atoms with Gasteiger partial charge in [-0.3, -0.25) is 0 Å². The number of esters is 2. The van der Waals surface area contributed by atoms with Crippen molar-refractivity contribution in [3.8, 4) is 33.8 Å². The average Bonchev–Trinajstić information content (AvgIpc) is 2.83. The van der Waals surface area contributed by atoms with Crippen LogP contribution >= 0.6 is 0 Å². The lowest BCUT2D eigenvalue weighted by Crippen LogP contribution is -2.19. The summed E-state index contributed by atoms with van der Waals surface area (Å²) in [5, 5.41) is 0. The molecule has 0 radical (unpaired) electrons. The van der Waals surface area contributed by atoms with Crippen LogP contribution in [0.2, 0.25) is 0 Å². The van der Waals surface area contributed by atoms with E-state index in [2.05, 4.69) is 13.2 Å². The number of halogens is 6. The van der Waals surface area contributed by atoms with E-state index >= 15 is 0 Å². The minimum atomic E-state index is -5.38. The molecule has 0 bridgehead atoms. The van der Waals surface area contributed by atoms with Crippen LogP contribution in [0.5, 0.6) is 11.5 Å². The van der Waals surface area contributed by atoms with Crippen molar-refractivity contribution < 1.29 is 45.4 Å². The molecule has 0 aliphatic rings. The molecule has 3 aromatic rings. The minimum Gasteiger partial charge on any atom is -0.423 e. The molecule has 0 aliphatic carbocycles. The van der Waals surface area contributed by atoms with Gasteiger partial charge in [-0.05, 0) is 60.4 Å².